The predicted octanol–water partition coefficient (Wildman–Crippen LogP) is 4.54. The van der Waals surface area contributed by atoms with Crippen molar-refractivity contribution in [1.29, 1.82) is 0 Å². The highest BCUT2D eigenvalue weighted by atomic mass is 19.1. The molecule has 1 atom stereocenters. The Morgan fingerprint density at radius 3 is 2.50 bits per heavy atom. The quantitative estimate of drug-likeness (QED) is 0.501. The van der Waals surface area contributed by atoms with Crippen LogP contribution in [-0.4, -0.2) is 37.5 Å². The van der Waals surface area contributed by atoms with Crippen molar-refractivity contribution in [3.63, 3.8) is 0 Å². The van der Waals surface area contributed by atoms with Crippen molar-refractivity contribution in [1.82, 2.24) is 10.2 Å². The topological polar surface area (TPSA) is 86.6 Å². The molecule has 3 aromatic rings. The summed E-state index contributed by atoms with van der Waals surface area (Å²) in [6.07, 6.45) is 1.37. The Bertz CT molecular complexity index is 1110. The Hall–Kier alpha value is -3.72. The number of nitrogens with zero attached hydrogens (tertiary/aromatic N) is 1. The van der Waals surface area contributed by atoms with E-state index in [1.807, 2.05) is 19.0 Å². The Labute approximate surface area is 184 Å². The van der Waals surface area contributed by atoms with E-state index in [0.717, 1.165) is 11.6 Å². The van der Waals surface area contributed by atoms with E-state index in [1.165, 1.54) is 36.6 Å². The maximum absolute atomic E-state index is 14.2. The lowest BCUT2D eigenvalue weighted by Crippen LogP contribution is -2.37. The third-order valence-corrected chi connectivity index (χ3v) is 4.89. The molecule has 0 bridgehead atoms. The van der Waals surface area contributed by atoms with E-state index in [9.17, 15) is 18.4 Å². The molecular formula is C23H24F2N4O3. The van der Waals surface area contributed by atoms with Crippen molar-refractivity contribution in [2.24, 2.45) is 0 Å². The number of hydrogen-bond acceptors (Lipinski definition) is 4. The Morgan fingerprint density at radius 1 is 1.06 bits per heavy atom. The zero-order valence-electron chi connectivity index (χ0n) is 17.9. The highest BCUT2D eigenvalue weighted by molar-refractivity contribution is 6.05. The molecule has 0 fully saturated rings. The first-order valence-electron chi connectivity index (χ1n) is 9.86. The molecule has 1 unspecified atom stereocenters. The summed E-state index contributed by atoms with van der Waals surface area (Å²) in [6, 6.07) is 10.7. The van der Waals surface area contributed by atoms with Gasteiger partial charge in [-0.25, -0.2) is 13.6 Å². The van der Waals surface area contributed by atoms with Crippen LogP contribution in [0.3, 0.4) is 0 Å². The van der Waals surface area contributed by atoms with Gasteiger partial charge < -0.3 is 25.3 Å². The van der Waals surface area contributed by atoms with Crippen molar-refractivity contribution in [3.05, 3.63) is 83.3 Å². The van der Waals surface area contributed by atoms with Crippen LogP contribution < -0.4 is 16.0 Å². The molecule has 168 valence electrons. The van der Waals surface area contributed by atoms with Gasteiger partial charge in [-0.15, -0.1) is 0 Å². The van der Waals surface area contributed by atoms with Gasteiger partial charge in [0.05, 0.1) is 23.6 Å². The molecular weight excluding hydrogens is 418 g/mol. The van der Waals surface area contributed by atoms with Crippen molar-refractivity contribution in [2.75, 3.05) is 31.3 Å². The lowest BCUT2D eigenvalue weighted by molar-refractivity contribution is 0.102. The molecule has 0 aliphatic carbocycles. The van der Waals surface area contributed by atoms with E-state index < -0.39 is 17.8 Å². The highest BCUT2D eigenvalue weighted by Gasteiger charge is 2.17. The van der Waals surface area contributed by atoms with Crippen molar-refractivity contribution in [3.8, 4) is 0 Å². The summed E-state index contributed by atoms with van der Waals surface area (Å²) in [6.45, 7) is 1.84. The summed E-state index contributed by atoms with van der Waals surface area (Å²) in [5.74, 6) is -1.12. The van der Waals surface area contributed by atoms with E-state index in [4.69, 9.17) is 4.42 Å². The fourth-order valence-electron chi connectivity index (χ4n) is 3.19. The molecule has 0 aliphatic rings. The number of benzene rings is 2. The molecule has 32 heavy (non-hydrogen) atoms. The molecule has 9 heteroatoms. The fraction of sp³-hybridized carbons (Fsp3) is 0.217. The van der Waals surface area contributed by atoms with Crippen LogP contribution in [0.15, 0.2) is 59.2 Å². The third-order valence-electron chi connectivity index (χ3n) is 4.89. The van der Waals surface area contributed by atoms with Gasteiger partial charge in [-0.2, -0.15) is 0 Å². The van der Waals surface area contributed by atoms with Gasteiger partial charge in [0, 0.05) is 12.2 Å². The van der Waals surface area contributed by atoms with Crippen LogP contribution in [-0.2, 0) is 0 Å². The monoisotopic (exact) mass is 442 g/mol. The van der Waals surface area contributed by atoms with Crippen molar-refractivity contribution in [2.45, 2.75) is 13.0 Å². The molecule has 0 saturated heterocycles. The number of carbonyl (C=O) groups is 2. The predicted molar refractivity (Wildman–Crippen MR) is 118 cm³/mol. The summed E-state index contributed by atoms with van der Waals surface area (Å²) in [4.78, 5) is 26.6. The number of anilines is 2. The molecule has 0 spiro atoms. The van der Waals surface area contributed by atoms with Gasteiger partial charge in [0.15, 0.2) is 0 Å². The largest absolute Gasteiger partial charge is 0.469 e. The summed E-state index contributed by atoms with van der Waals surface area (Å²) in [5.41, 5.74) is 1.21. The third kappa shape index (κ3) is 5.70. The van der Waals surface area contributed by atoms with Crippen LogP contribution in [0.1, 0.15) is 27.7 Å². The number of urea groups is 1. The Morgan fingerprint density at radius 2 is 1.84 bits per heavy atom. The first kappa shape index (κ1) is 23.0. The minimum absolute atomic E-state index is 0.0840. The van der Waals surface area contributed by atoms with Gasteiger partial charge in [-0.1, -0.05) is 12.1 Å². The lowest BCUT2D eigenvalue weighted by Gasteiger charge is -2.25. The SMILES string of the molecule is Cc1occc1C(=O)Nc1cc(NC(=O)NCC(c2cccc(F)c2)N(C)C)ccc1F. The summed E-state index contributed by atoms with van der Waals surface area (Å²) >= 11 is 0. The number of hydrogen-bond donors (Lipinski definition) is 3. The molecule has 3 N–H and O–H groups in total. The van der Waals surface area contributed by atoms with Crippen LogP contribution in [0.2, 0.25) is 0 Å². The zero-order valence-corrected chi connectivity index (χ0v) is 17.9. The van der Waals surface area contributed by atoms with E-state index in [-0.39, 0.29) is 35.3 Å². The molecule has 3 amide bonds. The van der Waals surface area contributed by atoms with Crippen LogP contribution in [0, 0.1) is 18.6 Å². The minimum atomic E-state index is -0.649. The summed E-state index contributed by atoms with van der Waals surface area (Å²) < 4.78 is 32.8. The second-order valence-corrected chi connectivity index (χ2v) is 7.41. The van der Waals surface area contributed by atoms with Gasteiger partial charge in [0.2, 0.25) is 0 Å². The standard InChI is InChI=1S/C23H24F2N4O3/c1-14-18(9-10-32-14)22(30)28-20-12-17(7-8-19(20)25)27-23(31)26-13-21(29(2)3)15-5-4-6-16(24)11-15/h4-12,21H,13H2,1-3H3,(H,28,30)(H2,26,27,31). The Kier molecular flexibility index (Phi) is 7.21. The summed E-state index contributed by atoms with van der Waals surface area (Å²) in [5, 5.41) is 7.81. The van der Waals surface area contributed by atoms with Gasteiger partial charge in [0.1, 0.15) is 17.4 Å². The number of halogens is 2. The second-order valence-electron chi connectivity index (χ2n) is 7.41. The van der Waals surface area contributed by atoms with Gasteiger partial charge in [-0.05, 0) is 63.0 Å². The molecule has 1 heterocycles. The maximum Gasteiger partial charge on any atom is 0.319 e. The first-order valence-corrected chi connectivity index (χ1v) is 9.86. The molecule has 0 radical (unpaired) electrons. The van der Waals surface area contributed by atoms with Gasteiger partial charge in [-0.3, -0.25) is 4.79 Å². The lowest BCUT2D eigenvalue weighted by atomic mass is 10.1. The summed E-state index contributed by atoms with van der Waals surface area (Å²) in [7, 11) is 3.65. The molecule has 3 rings (SSSR count). The Balaban J connectivity index is 1.64. The molecule has 2 aromatic carbocycles. The van der Waals surface area contributed by atoms with Crippen LogP contribution in [0.5, 0.6) is 0 Å². The normalized spacial score (nSPS) is 11.8. The van der Waals surface area contributed by atoms with Crippen LogP contribution in [0.25, 0.3) is 0 Å². The number of amides is 3. The molecule has 0 saturated carbocycles. The number of likely N-dealkylation sites (N-methyl/N-ethyl adjacent to an activating group) is 1. The smallest absolute Gasteiger partial charge is 0.319 e. The van der Waals surface area contributed by atoms with Gasteiger partial charge >= 0.3 is 6.03 Å². The van der Waals surface area contributed by atoms with E-state index in [1.54, 1.807) is 19.1 Å². The number of furan rings is 1. The van der Waals surface area contributed by atoms with Crippen molar-refractivity contribution >= 4 is 23.3 Å². The van der Waals surface area contributed by atoms with Crippen molar-refractivity contribution < 1.29 is 22.8 Å². The van der Waals surface area contributed by atoms with E-state index in [0.29, 0.717) is 5.76 Å². The first-order chi connectivity index (χ1) is 15.2. The minimum Gasteiger partial charge on any atom is -0.469 e. The number of carbonyl (C=O) groups excluding carboxylic acids is 2. The van der Waals surface area contributed by atoms with Crippen LogP contribution in [0.4, 0.5) is 25.0 Å². The average Bonchev–Trinajstić information content (AvgIpc) is 3.16. The van der Waals surface area contributed by atoms with E-state index >= 15 is 0 Å². The number of rotatable bonds is 7. The molecule has 0 aliphatic heterocycles. The molecule has 7 nitrogen and oxygen atoms in total. The highest BCUT2D eigenvalue weighted by Crippen LogP contribution is 2.22. The second kappa shape index (κ2) is 10.1. The number of nitrogens with one attached hydrogen (secondary N) is 3. The molecule has 1 aromatic heterocycles. The van der Waals surface area contributed by atoms with E-state index in [2.05, 4.69) is 16.0 Å². The average molecular weight is 442 g/mol. The fourth-order valence-corrected chi connectivity index (χ4v) is 3.19. The zero-order chi connectivity index (χ0) is 23.3. The van der Waals surface area contributed by atoms with Crippen LogP contribution >= 0.6 is 0 Å². The number of aryl methyl sites for hydroxylation is 1. The maximum atomic E-state index is 14.2. The van der Waals surface area contributed by atoms with Gasteiger partial charge in [0.25, 0.3) is 5.91 Å².